The molecule has 2 rings (SSSR count). The lowest BCUT2D eigenvalue weighted by Gasteiger charge is -2.15. The summed E-state index contributed by atoms with van der Waals surface area (Å²) < 4.78 is 26.7. The highest BCUT2D eigenvalue weighted by Crippen LogP contribution is 2.28. The average Bonchev–Trinajstić information content (AvgIpc) is 2.49. The summed E-state index contributed by atoms with van der Waals surface area (Å²) in [5, 5.41) is 22.4. The Labute approximate surface area is 133 Å². The first-order valence-corrected chi connectivity index (χ1v) is 8.27. The molecule has 0 aromatic heterocycles. The number of nitrogens with zero attached hydrogens (tertiary/aromatic N) is 1. The van der Waals surface area contributed by atoms with E-state index < -0.39 is 20.7 Å². The summed E-state index contributed by atoms with van der Waals surface area (Å²) in [5.74, 6) is -0.386. The number of benzene rings is 2. The van der Waals surface area contributed by atoms with E-state index in [1.807, 2.05) is 13.8 Å². The number of nitro groups is 1. The molecule has 0 unspecified atom stereocenters. The van der Waals surface area contributed by atoms with Gasteiger partial charge in [0, 0.05) is 17.8 Å². The van der Waals surface area contributed by atoms with Gasteiger partial charge in [-0.15, -0.1) is 0 Å². The van der Waals surface area contributed by atoms with Gasteiger partial charge < -0.3 is 5.11 Å². The van der Waals surface area contributed by atoms with E-state index in [-0.39, 0.29) is 22.2 Å². The molecule has 0 aliphatic heterocycles. The molecule has 2 aromatic carbocycles. The van der Waals surface area contributed by atoms with Gasteiger partial charge >= 0.3 is 0 Å². The van der Waals surface area contributed by atoms with Gasteiger partial charge in [0.05, 0.1) is 9.82 Å². The van der Waals surface area contributed by atoms with Crippen molar-refractivity contribution in [3.8, 4) is 5.75 Å². The highest BCUT2D eigenvalue weighted by atomic mass is 32.2. The maximum Gasteiger partial charge on any atom is 0.271 e. The van der Waals surface area contributed by atoms with Crippen LogP contribution in [0.5, 0.6) is 5.75 Å². The third-order valence-corrected chi connectivity index (χ3v) is 4.66. The van der Waals surface area contributed by atoms with E-state index in [0.717, 1.165) is 23.8 Å². The second-order valence-electron chi connectivity index (χ2n) is 5.27. The first kappa shape index (κ1) is 16.8. The summed E-state index contributed by atoms with van der Waals surface area (Å²) in [5.41, 5.74) is 0.258. The Balaban J connectivity index is 2.34. The van der Waals surface area contributed by atoms with Gasteiger partial charge in [-0.1, -0.05) is 37.8 Å². The molecule has 0 atom stereocenters. The maximum atomic E-state index is 12.3. The summed E-state index contributed by atoms with van der Waals surface area (Å²) in [6.45, 7) is 3.96. The smallest absolute Gasteiger partial charge is 0.271 e. The summed E-state index contributed by atoms with van der Waals surface area (Å²) in [6, 6.07) is 9.12. The normalized spacial score (nSPS) is 11.4. The van der Waals surface area contributed by atoms with E-state index >= 15 is 0 Å². The van der Waals surface area contributed by atoms with E-state index in [1.54, 1.807) is 12.1 Å². The molecule has 0 amide bonds. The van der Waals surface area contributed by atoms with Crippen molar-refractivity contribution in [3.05, 3.63) is 58.1 Å². The zero-order valence-corrected chi connectivity index (χ0v) is 13.3. The molecule has 0 heterocycles. The van der Waals surface area contributed by atoms with Crippen molar-refractivity contribution in [2.24, 2.45) is 0 Å². The van der Waals surface area contributed by atoms with Crippen LogP contribution in [0.3, 0.4) is 0 Å². The molecule has 0 spiro atoms. The fraction of sp³-hybridized carbons (Fsp3) is 0.200. The summed E-state index contributed by atoms with van der Waals surface area (Å²) in [7, 11) is -3.99. The first-order valence-electron chi connectivity index (χ1n) is 6.79. The van der Waals surface area contributed by atoms with E-state index in [4.69, 9.17) is 0 Å². The fourth-order valence-corrected chi connectivity index (χ4v) is 3.01. The lowest BCUT2D eigenvalue weighted by atomic mass is 10.0. The van der Waals surface area contributed by atoms with Crippen LogP contribution in [0.25, 0.3) is 0 Å². The minimum Gasteiger partial charge on any atom is -0.871 e. The van der Waals surface area contributed by atoms with Crippen molar-refractivity contribution in [3.63, 3.8) is 0 Å². The Hall–Kier alpha value is -2.61. The van der Waals surface area contributed by atoms with Crippen LogP contribution in [0.2, 0.25) is 0 Å². The van der Waals surface area contributed by atoms with Crippen molar-refractivity contribution < 1.29 is 18.4 Å². The molecule has 0 aliphatic carbocycles. The molecule has 1 N–H and O–H groups in total. The molecule has 0 saturated heterocycles. The molecular formula is C15H15N2O5S-. The molecule has 0 bridgehead atoms. The predicted molar refractivity (Wildman–Crippen MR) is 83.9 cm³/mol. The van der Waals surface area contributed by atoms with Crippen LogP contribution in [0.15, 0.2) is 47.4 Å². The number of nitrogens with one attached hydrogen (secondary N) is 1. The largest absolute Gasteiger partial charge is 0.871 e. The fourth-order valence-electron chi connectivity index (χ4n) is 1.95. The number of hydrogen-bond donors (Lipinski definition) is 1. The van der Waals surface area contributed by atoms with Crippen molar-refractivity contribution >= 4 is 21.4 Å². The van der Waals surface area contributed by atoms with E-state index in [9.17, 15) is 23.6 Å². The molecule has 2 aromatic rings. The molecular weight excluding hydrogens is 320 g/mol. The minimum absolute atomic E-state index is 0.0205. The number of non-ortho nitro benzene ring substituents is 1. The predicted octanol–water partition coefficient (Wildman–Crippen LogP) is 2.59. The molecule has 0 saturated carbocycles. The zero-order chi connectivity index (χ0) is 17.2. The number of rotatable bonds is 5. The number of anilines is 1. The van der Waals surface area contributed by atoms with Crippen LogP contribution in [-0.2, 0) is 10.0 Å². The summed E-state index contributed by atoms with van der Waals surface area (Å²) >= 11 is 0. The van der Waals surface area contributed by atoms with Crippen LogP contribution in [0, 0.1) is 10.1 Å². The Morgan fingerprint density at radius 1 is 1.09 bits per heavy atom. The maximum absolute atomic E-state index is 12.3. The highest BCUT2D eigenvalue weighted by molar-refractivity contribution is 7.92. The number of nitro benzene ring substituents is 1. The highest BCUT2D eigenvalue weighted by Gasteiger charge is 2.16. The molecule has 0 radical (unpaired) electrons. The van der Waals surface area contributed by atoms with E-state index in [0.29, 0.717) is 0 Å². The van der Waals surface area contributed by atoms with Gasteiger partial charge in [0.15, 0.2) is 0 Å². The Morgan fingerprint density at radius 2 is 1.70 bits per heavy atom. The lowest BCUT2D eigenvalue weighted by Crippen LogP contribution is -2.14. The van der Waals surface area contributed by atoms with Crippen molar-refractivity contribution in [1.29, 1.82) is 0 Å². The first-order chi connectivity index (χ1) is 10.7. The molecule has 23 heavy (non-hydrogen) atoms. The Kier molecular flexibility index (Phi) is 4.55. The zero-order valence-electron chi connectivity index (χ0n) is 12.5. The summed E-state index contributed by atoms with van der Waals surface area (Å²) in [4.78, 5) is 10.0. The Bertz CT molecular complexity index is 829. The second-order valence-corrected chi connectivity index (χ2v) is 6.95. The topological polar surface area (TPSA) is 112 Å². The van der Waals surface area contributed by atoms with Gasteiger partial charge in [0.1, 0.15) is 0 Å². The van der Waals surface area contributed by atoms with Gasteiger partial charge in [-0.3, -0.25) is 14.8 Å². The quantitative estimate of drug-likeness (QED) is 0.666. The minimum atomic E-state index is -3.99. The number of sulfonamides is 1. The number of hydrogen-bond acceptors (Lipinski definition) is 5. The van der Waals surface area contributed by atoms with Crippen molar-refractivity contribution in [2.75, 3.05) is 4.72 Å². The van der Waals surface area contributed by atoms with Crippen LogP contribution in [0.4, 0.5) is 11.4 Å². The van der Waals surface area contributed by atoms with E-state index in [2.05, 4.69) is 4.72 Å². The van der Waals surface area contributed by atoms with Crippen molar-refractivity contribution in [1.82, 2.24) is 0 Å². The molecule has 122 valence electrons. The standard InChI is InChI=1S/C15H16N2O5S/c1-10(2)11-3-6-13(7-4-11)23(21,22)16-14-9-12(17(19)20)5-8-15(14)18/h3-10,16,18H,1-2H3/p-1. The van der Waals surface area contributed by atoms with Gasteiger partial charge in [-0.25, -0.2) is 8.42 Å². The molecule has 8 heteroatoms. The SMILES string of the molecule is CC(C)c1ccc(S(=O)(=O)Nc2cc([N+](=O)[O-])ccc2[O-])cc1. The average molecular weight is 335 g/mol. The second kappa shape index (κ2) is 6.25. The third-order valence-electron chi connectivity index (χ3n) is 3.28. The van der Waals surface area contributed by atoms with Crippen molar-refractivity contribution in [2.45, 2.75) is 24.7 Å². The monoisotopic (exact) mass is 335 g/mol. The van der Waals surface area contributed by atoms with E-state index in [1.165, 1.54) is 12.1 Å². The summed E-state index contributed by atoms with van der Waals surface area (Å²) in [6.07, 6.45) is 0. The van der Waals surface area contributed by atoms with Crippen LogP contribution in [0.1, 0.15) is 25.3 Å². The van der Waals surface area contributed by atoms with Gasteiger partial charge in [0.2, 0.25) is 0 Å². The Morgan fingerprint density at radius 3 is 2.22 bits per heavy atom. The van der Waals surface area contributed by atoms with Gasteiger partial charge in [0.25, 0.3) is 15.7 Å². The van der Waals surface area contributed by atoms with Gasteiger partial charge in [-0.2, -0.15) is 0 Å². The van der Waals surface area contributed by atoms with Crippen LogP contribution in [-0.4, -0.2) is 13.3 Å². The van der Waals surface area contributed by atoms with Gasteiger partial charge in [-0.05, 0) is 23.6 Å². The lowest BCUT2D eigenvalue weighted by molar-refractivity contribution is -0.385. The molecule has 0 aliphatic rings. The molecule has 0 fully saturated rings. The molecule has 7 nitrogen and oxygen atoms in total. The van der Waals surface area contributed by atoms with Crippen LogP contribution >= 0.6 is 0 Å². The third kappa shape index (κ3) is 3.78. The van der Waals surface area contributed by atoms with Crippen LogP contribution < -0.4 is 9.83 Å².